The van der Waals surface area contributed by atoms with E-state index in [0.29, 0.717) is 0 Å². The van der Waals surface area contributed by atoms with Crippen molar-refractivity contribution in [3.63, 3.8) is 0 Å². The lowest BCUT2D eigenvalue weighted by atomic mass is 10.0. The number of allylic oxidation sites excluding steroid dienone is 1. The second kappa shape index (κ2) is 6.05. The molecule has 1 aromatic rings. The molecule has 0 saturated heterocycles. The Hall–Kier alpha value is -1.03. The second-order valence-corrected chi connectivity index (χ2v) is 4.58. The van der Waals surface area contributed by atoms with Crippen LogP contribution in [0.3, 0.4) is 0 Å². The fourth-order valence-electron chi connectivity index (χ4n) is 1.92. The highest BCUT2D eigenvalue weighted by Gasteiger charge is 2.16. The van der Waals surface area contributed by atoms with Crippen LogP contribution in [0.15, 0.2) is 36.1 Å². The maximum Gasteiger partial charge on any atom is 0.111 e. The Morgan fingerprint density at radius 2 is 2.12 bits per heavy atom. The van der Waals surface area contributed by atoms with Gasteiger partial charge in [0.25, 0.3) is 0 Å². The molecule has 1 atom stereocenters. The predicted molar refractivity (Wildman–Crippen MR) is 69.5 cm³/mol. The minimum Gasteiger partial charge on any atom is -0.497 e. The van der Waals surface area contributed by atoms with Gasteiger partial charge in [-0.3, -0.25) is 5.84 Å². The van der Waals surface area contributed by atoms with E-state index in [1.54, 1.807) is 0 Å². The van der Waals surface area contributed by atoms with E-state index in [1.165, 1.54) is 5.56 Å². The summed E-state index contributed by atoms with van der Waals surface area (Å²) in [5.41, 5.74) is 4.00. The van der Waals surface area contributed by atoms with Crippen molar-refractivity contribution < 1.29 is 4.74 Å². The average molecular weight is 253 g/mol. The first-order chi connectivity index (χ1) is 8.29. The van der Waals surface area contributed by atoms with Crippen LogP contribution in [0.2, 0.25) is 5.02 Å². The lowest BCUT2D eigenvalue weighted by molar-refractivity contribution is 0.167. The average Bonchev–Trinajstić information content (AvgIpc) is 2.39. The number of hydrogen-bond acceptors (Lipinski definition) is 3. The molecular weight excluding hydrogens is 236 g/mol. The van der Waals surface area contributed by atoms with Crippen LogP contribution in [-0.2, 0) is 11.2 Å². The molecule has 1 aliphatic heterocycles. The maximum atomic E-state index is 5.85. The molecule has 0 bridgehead atoms. The molecule has 3 N–H and O–H groups in total. The molecule has 1 unspecified atom stereocenters. The van der Waals surface area contributed by atoms with E-state index in [-0.39, 0.29) is 6.04 Å². The Labute approximate surface area is 107 Å². The first kappa shape index (κ1) is 12.4. The Bertz CT molecular complexity index is 389. The van der Waals surface area contributed by atoms with Crippen molar-refractivity contribution in [3.8, 4) is 0 Å². The van der Waals surface area contributed by atoms with Gasteiger partial charge in [0.2, 0.25) is 0 Å². The van der Waals surface area contributed by atoms with Gasteiger partial charge in [-0.05, 0) is 43.0 Å². The third-order valence-electron chi connectivity index (χ3n) is 2.86. The van der Waals surface area contributed by atoms with Crippen LogP contribution >= 0.6 is 11.6 Å². The summed E-state index contributed by atoms with van der Waals surface area (Å²) in [6.45, 7) is 0.782. The molecule has 0 amide bonds. The highest BCUT2D eigenvalue weighted by molar-refractivity contribution is 6.30. The lowest BCUT2D eigenvalue weighted by Gasteiger charge is -2.23. The normalized spacial score (nSPS) is 17.2. The molecule has 0 radical (unpaired) electrons. The van der Waals surface area contributed by atoms with E-state index in [4.69, 9.17) is 22.2 Å². The standard InChI is InChI=1S/C13H17ClN2O/c14-11-6-4-10(5-7-11)9-12(16-15)13-3-1-2-8-17-13/h3-7,12,16H,1-2,8-9,15H2. The van der Waals surface area contributed by atoms with Crippen molar-refractivity contribution >= 4 is 11.6 Å². The molecule has 4 heteroatoms. The zero-order chi connectivity index (χ0) is 12.1. The highest BCUT2D eigenvalue weighted by atomic mass is 35.5. The number of nitrogens with two attached hydrogens (primary N) is 1. The summed E-state index contributed by atoms with van der Waals surface area (Å²) >= 11 is 5.85. The SMILES string of the molecule is NNC(Cc1ccc(Cl)cc1)C1=CCCCO1. The van der Waals surface area contributed by atoms with E-state index in [2.05, 4.69) is 11.5 Å². The van der Waals surface area contributed by atoms with Crippen LogP contribution < -0.4 is 11.3 Å². The Balaban J connectivity index is 2.04. The summed E-state index contributed by atoms with van der Waals surface area (Å²) in [5, 5.41) is 0.749. The van der Waals surface area contributed by atoms with Gasteiger partial charge in [-0.1, -0.05) is 23.7 Å². The van der Waals surface area contributed by atoms with Crippen molar-refractivity contribution in [1.29, 1.82) is 0 Å². The lowest BCUT2D eigenvalue weighted by Crippen LogP contribution is -2.39. The van der Waals surface area contributed by atoms with Gasteiger partial charge in [0.15, 0.2) is 0 Å². The zero-order valence-corrected chi connectivity index (χ0v) is 10.4. The number of hydrogen-bond donors (Lipinski definition) is 2. The van der Waals surface area contributed by atoms with Crippen LogP contribution in [0.4, 0.5) is 0 Å². The molecule has 0 spiro atoms. The Kier molecular flexibility index (Phi) is 4.42. The molecule has 1 aromatic carbocycles. The summed E-state index contributed by atoms with van der Waals surface area (Å²) in [6, 6.07) is 7.84. The van der Waals surface area contributed by atoms with Gasteiger partial charge in [-0.2, -0.15) is 0 Å². The number of benzene rings is 1. The number of halogens is 1. The van der Waals surface area contributed by atoms with Gasteiger partial charge >= 0.3 is 0 Å². The molecular formula is C13H17ClN2O. The van der Waals surface area contributed by atoms with Gasteiger partial charge in [0.05, 0.1) is 12.6 Å². The van der Waals surface area contributed by atoms with Gasteiger partial charge in [0.1, 0.15) is 5.76 Å². The van der Waals surface area contributed by atoms with E-state index < -0.39 is 0 Å². The van der Waals surface area contributed by atoms with Crippen molar-refractivity contribution in [3.05, 3.63) is 46.7 Å². The second-order valence-electron chi connectivity index (χ2n) is 4.15. The minimum absolute atomic E-state index is 0.0384. The zero-order valence-electron chi connectivity index (χ0n) is 9.66. The van der Waals surface area contributed by atoms with E-state index in [0.717, 1.165) is 36.7 Å². The Morgan fingerprint density at radius 3 is 2.71 bits per heavy atom. The number of hydrazine groups is 1. The van der Waals surface area contributed by atoms with E-state index in [9.17, 15) is 0 Å². The van der Waals surface area contributed by atoms with Crippen molar-refractivity contribution in [2.45, 2.75) is 25.3 Å². The van der Waals surface area contributed by atoms with Crippen LogP contribution in [0.5, 0.6) is 0 Å². The van der Waals surface area contributed by atoms with Crippen LogP contribution in [-0.4, -0.2) is 12.6 Å². The number of nitrogens with one attached hydrogen (secondary N) is 1. The Morgan fingerprint density at radius 1 is 1.35 bits per heavy atom. The molecule has 0 aliphatic carbocycles. The van der Waals surface area contributed by atoms with Gasteiger partial charge in [-0.15, -0.1) is 0 Å². The summed E-state index contributed by atoms with van der Waals surface area (Å²) < 4.78 is 5.62. The molecule has 17 heavy (non-hydrogen) atoms. The summed E-state index contributed by atoms with van der Waals surface area (Å²) in [5.74, 6) is 6.54. The number of ether oxygens (including phenoxy) is 1. The maximum absolute atomic E-state index is 5.85. The minimum atomic E-state index is 0.0384. The summed E-state index contributed by atoms with van der Waals surface area (Å²) in [6.07, 6.45) is 5.07. The first-order valence-electron chi connectivity index (χ1n) is 5.83. The van der Waals surface area contributed by atoms with E-state index in [1.807, 2.05) is 24.3 Å². The molecule has 1 aliphatic rings. The smallest absolute Gasteiger partial charge is 0.111 e. The highest BCUT2D eigenvalue weighted by Crippen LogP contribution is 2.18. The van der Waals surface area contributed by atoms with Crippen molar-refractivity contribution in [2.24, 2.45) is 5.84 Å². The summed E-state index contributed by atoms with van der Waals surface area (Å²) in [7, 11) is 0. The van der Waals surface area contributed by atoms with Crippen molar-refractivity contribution in [2.75, 3.05) is 6.61 Å². The number of rotatable bonds is 4. The molecule has 1 heterocycles. The summed E-state index contributed by atoms with van der Waals surface area (Å²) in [4.78, 5) is 0. The first-order valence-corrected chi connectivity index (χ1v) is 6.21. The predicted octanol–water partition coefficient (Wildman–Crippen LogP) is 2.41. The van der Waals surface area contributed by atoms with Crippen LogP contribution in [0, 0.1) is 0 Å². The van der Waals surface area contributed by atoms with Crippen LogP contribution in [0.25, 0.3) is 0 Å². The van der Waals surface area contributed by atoms with Crippen molar-refractivity contribution in [1.82, 2.24) is 5.43 Å². The molecule has 2 rings (SSSR count). The largest absolute Gasteiger partial charge is 0.497 e. The fraction of sp³-hybridized carbons (Fsp3) is 0.385. The van der Waals surface area contributed by atoms with Gasteiger partial charge < -0.3 is 4.74 Å². The molecule has 0 fully saturated rings. The van der Waals surface area contributed by atoms with Gasteiger partial charge in [-0.25, -0.2) is 5.43 Å². The van der Waals surface area contributed by atoms with E-state index >= 15 is 0 Å². The van der Waals surface area contributed by atoms with Crippen LogP contribution in [0.1, 0.15) is 18.4 Å². The quantitative estimate of drug-likeness (QED) is 0.639. The molecule has 0 aromatic heterocycles. The third-order valence-corrected chi connectivity index (χ3v) is 3.11. The third kappa shape index (κ3) is 3.46. The fourth-order valence-corrected chi connectivity index (χ4v) is 2.04. The molecule has 92 valence electrons. The molecule has 0 saturated carbocycles. The molecule has 3 nitrogen and oxygen atoms in total. The van der Waals surface area contributed by atoms with Gasteiger partial charge in [0, 0.05) is 5.02 Å². The topological polar surface area (TPSA) is 47.3 Å². The monoisotopic (exact) mass is 252 g/mol.